The Morgan fingerprint density at radius 3 is 1.57 bits per heavy atom. The van der Waals surface area contributed by atoms with E-state index >= 15 is 0 Å². The number of hydrogen-bond acceptors (Lipinski definition) is 9. The Kier molecular flexibility index (Phi) is 11.5. The van der Waals surface area contributed by atoms with Crippen molar-refractivity contribution < 1.29 is 29.0 Å². The molecule has 4 rings (SSSR count). The third-order valence-corrected chi connectivity index (χ3v) is 8.17. The first-order valence-electron chi connectivity index (χ1n) is 13.0. The molecule has 0 spiro atoms. The molecule has 0 unspecified atom stereocenters. The predicted octanol–water partition coefficient (Wildman–Crippen LogP) is 4.35. The fourth-order valence-electron chi connectivity index (χ4n) is 3.67. The van der Waals surface area contributed by atoms with Crippen molar-refractivity contribution in [1.82, 2.24) is 21.3 Å². The summed E-state index contributed by atoms with van der Waals surface area (Å²) in [6, 6.07) is 14.9. The average Bonchev–Trinajstić information content (AvgIpc) is 3.65. The summed E-state index contributed by atoms with van der Waals surface area (Å²) in [5.41, 5.74) is 8.83. The maximum absolute atomic E-state index is 12.0. The molecule has 2 aromatic carbocycles. The number of nitrogen functional groups attached to an aromatic ring is 1. The number of phenolic OH excluding ortho intramolecular Hbond substituents is 1. The lowest BCUT2D eigenvalue weighted by Crippen LogP contribution is -2.26. The van der Waals surface area contributed by atoms with Gasteiger partial charge in [0.1, 0.15) is 10.0 Å². The Hall–Kier alpha value is -5.28. The Labute approximate surface area is 261 Å². The molecule has 0 atom stereocenters. The van der Waals surface area contributed by atoms with Gasteiger partial charge in [0.25, 0.3) is 11.8 Å². The number of anilines is 3. The lowest BCUT2D eigenvalue weighted by molar-refractivity contribution is 0.0956. The lowest BCUT2D eigenvalue weighted by atomic mass is 10.1. The van der Waals surface area contributed by atoms with Crippen molar-refractivity contribution in [3.05, 3.63) is 65.7 Å². The predicted molar refractivity (Wildman–Crippen MR) is 175 cm³/mol. The van der Waals surface area contributed by atoms with E-state index in [1.54, 1.807) is 43.4 Å². The van der Waals surface area contributed by atoms with Gasteiger partial charge in [0, 0.05) is 43.6 Å². The van der Waals surface area contributed by atoms with Crippen LogP contribution in [0.3, 0.4) is 0 Å². The number of thiophene rings is 2. The van der Waals surface area contributed by atoms with Crippen molar-refractivity contribution in [3.8, 4) is 32.4 Å². The molecule has 2 aromatic heterocycles. The molecule has 0 aliphatic rings. The zero-order chi connectivity index (χ0) is 32.4. The highest BCUT2D eigenvalue weighted by molar-refractivity contribution is 7.20. The van der Waals surface area contributed by atoms with Crippen molar-refractivity contribution in [3.63, 3.8) is 0 Å². The zero-order valence-electron chi connectivity index (χ0n) is 24.6. The number of ether oxygens (including phenoxy) is 1. The van der Waals surface area contributed by atoms with Crippen molar-refractivity contribution >= 4 is 62.2 Å². The average molecular weight is 640 g/mol. The minimum Gasteiger partial charge on any atom is -0.504 e. The molecular formula is C29H33N7O6S2. The first-order valence-corrected chi connectivity index (χ1v) is 14.6. The second-order valence-corrected chi connectivity index (χ2v) is 10.9. The number of carbonyl (C=O) groups is 4. The highest BCUT2D eigenvalue weighted by Gasteiger charge is 2.19. The summed E-state index contributed by atoms with van der Waals surface area (Å²) in [6.07, 6.45) is 0. The number of phenols is 1. The van der Waals surface area contributed by atoms with Gasteiger partial charge in [-0.15, -0.1) is 22.7 Å². The van der Waals surface area contributed by atoms with Crippen LogP contribution in [0.4, 0.5) is 25.3 Å². The maximum atomic E-state index is 12.0. The summed E-state index contributed by atoms with van der Waals surface area (Å²) in [7, 11) is 7.54. The Balaban J connectivity index is 0.000000241. The minimum absolute atomic E-state index is 0.0306. The number of hydrogen-bond donors (Lipinski definition) is 8. The third kappa shape index (κ3) is 8.17. The fourth-order valence-corrected chi connectivity index (χ4v) is 5.77. The molecule has 9 N–H and O–H groups in total. The number of nitrogens with one attached hydrogen (secondary N) is 6. The van der Waals surface area contributed by atoms with Crippen LogP contribution in [0.1, 0.15) is 20.7 Å². The molecule has 232 valence electrons. The Morgan fingerprint density at radius 2 is 1.14 bits per heavy atom. The highest BCUT2D eigenvalue weighted by atomic mass is 32.1. The maximum Gasteiger partial charge on any atom is 0.319 e. The van der Waals surface area contributed by atoms with Gasteiger partial charge in [-0.3, -0.25) is 20.2 Å². The molecular weight excluding hydrogens is 606 g/mol. The number of methoxy groups -OCH3 is 1. The number of aromatic hydroxyl groups is 1. The van der Waals surface area contributed by atoms with Crippen LogP contribution in [0, 0.1) is 0 Å². The summed E-state index contributed by atoms with van der Waals surface area (Å²) in [6.45, 7) is 0. The van der Waals surface area contributed by atoms with Crippen LogP contribution in [0.5, 0.6) is 11.5 Å². The molecule has 4 aromatic rings. The van der Waals surface area contributed by atoms with E-state index in [4.69, 9.17) is 10.5 Å². The van der Waals surface area contributed by atoms with E-state index in [1.807, 2.05) is 12.1 Å². The molecule has 6 amide bonds. The van der Waals surface area contributed by atoms with Crippen LogP contribution in [0.2, 0.25) is 0 Å². The van der Waals surface area contributed by atoms with Crippen LogP contribution in [0.15, 0.2) is 54.6 Å². The summed E-state index contributed by atoms with van der Waals surface area (Å²) in [4.78, 5) is 48.5. The van der Waals surface area contributed by atoms with Gasteiger partial charge < -0.3 is 36.8 Å². The molecule has 15 heteroatoms. The van der Waals surface area contributed by atoms with Gasteiger partial charge >= 0.3 is 12.1 Å². The second-order valence-electron chi connectivity index (χ2n) is 8.78. The quantitative estimate of drug-likeness (QED) is 0.138. The third-order valence-electron chi connectivity index (χ3n) is 5.98. The van der Waals surface area contributed by atoms with Gasteiger partial charge in [-0.05, 0) is 53.6 Å². The highest BCUT2D eigenvalue weighted by Crippen LogP contribution is 2.39. The van der Waals surface area contributed by atoms with E-state index in [1.165, 1.54) is 57.0 Å². The van der Waals surface area contributed by atoms with Crippen LogP contribution < -0.4 is 42.4 Å². The first-order chi connectivity index (χ1) is 21.0. The molecule has 0 saturated carbocycles. The standard InChI is InChI=1S/C15H17N3O4S.C14H16N4O2S/c1-16-13(20)9-7-12(23-14(9)18-15(21)17-2)8-4-5-10(19)11(6-8)22-3;1-16-12(19)10-7-11(8-3-5-9(15)6-4-8)21-13(10)18-14(20)17-2/h4-7,19H,1-3H3,(H,16,20)(H2,17,18,21);3-7H,15H2,1-2H3,(H,16,19)(H2,17,18,20). The van der Waals surface area contributed by atoms with E-state index in [-0.39, 0.29) is 23.6 Å². The van der Waals surface area contributed by atoms with Crippen molar-refractivity contribution in [1.29, 1.82) is 0 Å². The van der Waals surface area contributed by atoms with Crippen molar-refractivity contribution in [2.24, 2.45) is 0 Å². The SMILES string of the molecule is CNC(=O)Nc1sc(-c2ccc(N)cc2)cc1C(=O)NC.CNC(=O)Nc1sc(-c2ccc(O)c(OC)c2)cc1C(=O)NC. The van der Waals surface area contributed by atoms with E-state index in [0.717, 1.165) is 20.9 Å². The van der Waals surface area contributed by atoms with Crippen LogP contribution in [0.25, 0.3) is 20.9 Å². The van der Waals surface area contributed by atoms with E-state index in [0.29, 0.717) is 32.6 Å². The molecule has 0 radical (unpaired) electrons. The molecule has 0 bridgehead atoms. The van der Waals surface area contributed by atoms with Gasteiger partial charge in [0.15, 0.2) is 11.5 Å². The van der Waals surface area contributed by atoms with Gasteiger partial charge in [0.05, 0.1) is 18.2 Å². The number of nitrogens with two attached hydrogens (primary N) is 1. The summed E-state index contributed by atoms with van der Waals surface area (Å²) < 4.78 is 5.09. The molecule has 0 aliphatic heterocycles. The number of benzene rings is 2. The van der Waals surface area contributed by atoms with Crippen LogP contribution >= 0.6 is 22.7 Å². The zero-order valence-corrected chi connectivity index (χ0v) is 26.2. The molecule has 44 heavy (non-hydrogen) atoms. The van der Waals surface area contributed by atoms with Crippen LogP contribution in [-0.4, -0.2) is 64.3 Å². The second kappa shape index (κ2) is 15.3. The number of urea groups is 2. The number of amides is 6. The largest absolute Gasteiger partial charge is 0.504 e. The normalized spacial score (nSPS) is 10.0. The summed E-state index contributed by atoms with van der Waals surface area (Å²) in [5, 5.41) is 25.9. The fraction of sp³-hybridized carbons (Fsp3) is 0.172. The molecule has 13 nitrogen and oxygen atoms in total. The van der Waals surface area contributed by atoms with Crippen LogP contribution in [-0.2, 0) is 0 Å². The Bertz CT molecular complexity index is 1650. The topological polar surface area (TPSA) is 196 Å². The summed E-state index contributed by atoms with van der Waals surface area (Å²) >= 11 is 2.59. The molecule has 2 heterocycles. The van der Waals surface area contributed by atoms with Crippen molar-refractivity contribution in [2.75, 3.05) is 51.7 Å². The number of rotatable bonds is 7. The molecule has 0 fully saturated rings. The number of carbonyl (C=O) groups excluding carboxylic acids is 4. The van der Waals surface area contributed by atoms with Gasteiger partial charge in [-0.2, -0.15) is 0 Å². The first kappa shape index (κ1) is 33.2. The molecule has 0 aliphatic carbocycles. The minimum atomic E-state index is -0.410. The van der Waals surface area contributed by atoms with Gasteiger partial charge in [0.2, 0.25) is 0 Å². The Morgan fingerprint density at radius 1 is 0.682 bits per heavy atom. The lowest BCUT2D eigenvalue weighted by Gasteiger charge is -2.05. The van der Waals surface area contributed by atoms with E-state index < -0.39 is 6.03 Å². The van der Waals surface area contributed by atoms with E-state index in [9.17, 15) is 24.3 Å². The molecule has 0 saturated heterocycles. The van der Waals surface area contributed by atoms with Gasteiger partial charge in [-0.1, -0.05) is 12.1 Å². The van der Waals surface area contributed by atoms with E-state index in [2.05, 4.69) is 31.9 Å². The smallest absolute Gasteiger partial charge is 0.319 e. The van der Waals surface area contributed by atoms with Crippen molar-refractivity contribution in [2.45, 2.75) is 0 Å². The van der Waals surface area contributed by atoms with Gasteiger partial charge in [-0.25, -0.2) is 9.59 Å². The summed E-state index contributed by atoms with van der Waals surface area (Å²) in [5.74, 6) is -0.190. The monoisotopic (exact) mass is 639 g/mol.